The third-order valence-electron chi connectivity index (χ3n) is 8.05. The van der Waals surface area contributed by atoms with Crippen LogP contribution in [0.5, 0.6) is 0 Å². The summed E-state index contributed by atoms with van der Waals surface area (Å²) < 4.78 is 23.4. The summed E-state index contributed by atoms with van der Waals surface area (Å²) in [6, 6.07) is -0.888. The van der Waals surface area contributed by atoms with Crippen molar-refractivity contribution >= 4 is 13.7 Å². The Morgan fingerprint density at radius 2 is 1.15 bits per heavy atom. The first kappa shape index (κ1) is 51.2. The second-order valence-corrected chi connectivity index (χ2v) is 15.7. The smallest absolute Gasteiger partial charge is 0.387 e. The van der Waals surface area contributed by atoms with E-state index in [1.54, 1.807) is 6.08 Å². The molecule has 0 radical (unpaired) electrons. The van der Waals surface area contributed by atoms with Crippen LogP contribution in [0.25, 0.3) is 0 Å². The minimum Gasteiger partial charge on any atom is -0.387 e. The van der Waals surface area contributed by atoms with Gasteiger partial charge >= 0.3 is 7.82 Å². The third kappa shape index (κ3) is 37.5. The molecule has 3 atom stereocenters. The van der Waals surface area contributed by atoms with Crippen LogP contribution in [-0.4, -0.2) is 73.4 Å². The number of rotatable bonds is 34. The lowest BCUT2D eigenvalue weighted by atomic mass is 10.1. The summed E-state index contributed by atoms with van der Waals surface area (Å²) in [5.74, 6) is -0.226. The molecule has 0 saturated heterocycles. The van der Waals surface area contributed by atoms with Gasteiger partial charge in [0, 0.05) is 6.42 Å². The normalized spacial score (nSPS) is 15.6. The van der Waals surface area contributed by atoms with Crippen LogP contribution >= 0.6 is 7.82 Å². The molecule has 0 aliphatic rings. The lowest BCUT2D eigenvalue weighted by Gasteiger charge is -2.25. The minimum atomic E-state index is -4.36. The maximum absolute atomic E-state index is 12.8. The molecular formula is C45H76N2O6P+. The summed E-state index contributed by atoms with van der Waals surface area (Å²) in [7, 11) is 1.50. The van der Waals surface area contributed by atoms with Crippen molar-refractivity contribution in [1.82, 2.24) is 5.32 Å². The fourth-order valence-electron chi connectivity index (χ4n) is 4.84. The number of allylic oxidation sites excluding steroid dienone is 17. The molecule has 0 bridgehead atoms. The molecule has 0 saturated carbocycles. The van der Waals surface area contributed by atoms with Crippen molar-refractivity contribution in [2.45, 2.75) is 129 Å². The molecule has 306 valence electrons. The topological polar surface area (TPSA) is 105 Å². The van der Waals surface area contributed by atoms with E-state index in [2.05, 4.69) is 103 Å². The molecular weight excluding hydrogens is 695 g/mol. The van der Waals surface area contributed by atoms with Crippen molar-refractivity contribution in [1.29, 1.82) is 0 Å². The Kier molecular flexibility index (Phi) is 34.0. The number of carbonyl (C=O) groups is 1. The lowest BCUT2D eigenvalue weighted by molar-refractivity contribution is -0.870. The number of likely N-dealkylation sites (N-methyl/N-ethyl adjacent to an activating group) is 1. The van der Waals surface area contributed by atoms with Crippen molar-refractivity contribution in [2.24, 2.45) is 0 Å². The highest BCUT2D eigenvalue weighted by molar-refractivity contribution is 7.47. The number of nitrogens with one attached hydrogen (secondary N) is 1. The minimum absolute atomic E-state index is 0.0408. The number of phosphoric acid groups is 1. The van der Waals surface area contributed by atoms with E-state index < -0.39 is 20.0 Å². The van der Waals surface area contributed by atoms with E-state index >= 15 is 0 Å². The van der Waals surface area contributed by atoms with Crippen molar-refractivity contribution in [3.8, 4) is 0 Å². The number of amides is 1. The van der Waals surface area contributed by atoms with E-state index in [-0.39, 0.29) is 19.1 Å². The largest absolute Gasteiger partial charge is 0.472 e. The monoisotopic (exact) mass is 772 g/mol. The predicted molar refractivity (Wildman–Crippen MR) is 230 cm³/mol. The van der Waals surface area contributed by atoms with Crippen LogP contribution in [0.15, 0.2) is 109 Å². The fraction of sp³-hybridized carbons (Fsp3) is 0.578. The van der Waals surface area contributed by atoms with Gasteiger partial charge in [0.25, 0.3) is 0 Å². The number of quaternary nitrogens is 1. The van der Waals surface area contributed by atoms with Crippen LogP contribution in [0, 0.1) is 0 Å². The molecule has 9 heteroatoms. The Morgan fingerprint density at radius 3 is 1.69 bits per heavy atom. The van der Waals surface area contributed by atoms with E-state index in [1.165, 1.54) is 0 Å². The van der Waals surface area contributed by atoms with Crippen LogP contribution in [0.3, 0.4) is 0 Å². The van der Waals surface area contributed by atoms with Crippen molar-refractivity contribution in [2.75, 3.05) is 40.9 Å². The van der Waals surface area contributed by atoms with Gasteiger partial charge in [-0.05, 0) is 90.4 Å². The zero-order valence-corrected chi connectivity index (χ0v) is 35.3. The SMILES string of the molecule is C/C=C/CC/C=C/CC/C=C/C(O)C(COP(=O)(O)OCC[N+](C)(C)C)NC(=O)CCCCCC/C=C\C/C=C\C/C=C\C/C=C\C/C=C\C/C=C\CC. The highest BCUT2D eigenvalue weighted by atomic mass is 31.2. The Labute approximate surface area is 330 Å². The number of phosphoric ester groups is 1. The third-order valence-corrected chi connectivity index (χ3v) is 9.03. The molecule has 8 nitrogen and oxygen atoms in total. The number of aliphatic hydroxyl groups excluding tert-OH is 1. The first-order valence-corrected chi connectivity index (χ1v) is 21.7. The maximum Gasteiger partial charge on any atom is 0.472 e. The molecule has 0 fully saturated rings. The van der Waals surface area contributed by atoms with Crippen molar-refractivity contribution in [3.05, 3.63) is 109 Å². The molecule has 0 aromatic carbocycles. The maximum atomic E-state index is 12.8. The van der Waals surface area contributed by atoms with Gasteiger partial charge in [0.15, 0.2) is 0 Å². The zero-order valence-electron chi connectivity index (χ0n) is 34.4. The van der Waals surface area contributed by atoms with Gasteiger partial charge in [-0.1, -0.05) is 129 Å². The number of hydrogen-bond donors (Lipinski definition) is 3. The summed E-state index contributed by atoms with van der Waals surface area (Å²) in [6.07, 6.45) is 51.9. The number of unbranched alkanes of at least 4 members (excludes halogenated alkanes) is 6. The van der Waals surface area contributed by atoms with Crippen molar-refractivity contribution in [3.63, 3.8) is 0 Å². The highest BCUT2D eigenvalue weighted by Crippen LogP contribution is 2.43. The number of nitrogens with zero attached hydrogens (tertiary/aromatic N) is 1. The summed E-state index contributed by atoms with van der Waals surface area (Å²) in [6.45, 7) is 4.36. The first-order chi connectivity index (χ1) is 26.0. The molecule has 3 N–H and O–H groups in total. The molecule has 3 unspecified atom stereocenters. The number of aliphatic hydroxyl groups is 1. The Balaban J connectivity index is 4.46. The summed E-state index contributed by atoms with van der Waals surface area (Å²) in [5.41, 5.74) is 0. The van der Waals surface area contributed by atoms with Gasteiger partial charge < -0.3 is 19.8 Å². The standard InChI is InChI=1S/C45H75N2O6P/c1-6-8-10-12-14-16-17-18-19-20-21-22-23-24-25-26-27-28-29-31-33-35-37-39-45(49)46-43(42-53-54(50,51)52-41-40-47(3,4)5)44(48)38-36-34-32-30-15-13-11-9-7-2/h7-10,14-16,18-19,21-22,24-25,27-28,30,36,38,43-44,48H,6,11-13,17,20,23,26,29,31-35,37,39-42H2,1-5H3,(H-,46,49,50,51)/p+1/b9-7+,10-8-,16-14-,19-18-,22-21-,25-24-,28-27-,30-15+,38-36+. The molecule has 0 heterocycles. The van der Waals surface area contributed by atoms with Crippen LogP contribution in [0.1, 0.15) is 117 Å². The summed E-state index contributed by atoms with van der Waals surface area (Å²) >= 11 is 0. The van der Waals surface area contributed by atoms with Gasteiger partial charge in [-0.3, -0.25) is 13.8 Å². The molecule has 0 aromatic rings. The predicted octanol–water partition coefficient (Wildman–Crippen LogP) is 11.0. The van der Waals surface area contributed by atoms with Crippen LogP contribution in [0.4, 0.5) is 0 Å². The van der Waals surface area contributed by atoms with E-state index in [0.717, 1.165) is 96.3 Å². The summed E-state index contributed by atoms with van der Waals surface area (Å²) in [5, 5.41) is 13.7. The summed E-state index contributed by atoms with van der Waals surface area (Å²) in [4.78, 5) is 23.0. The first-order valence-electron chi connectivity index (χ1n) is 20.2. The highest BCUT2D eigenvalue weighted by Gasteiger charge is 2.27. The van der Waals surface area contributed by atoms with E-state index in [9.17, 15) is 19.4 Å². The van der Waals surface area contributed by atoms with Gasteiger partial charge in [-0.15, -0.1) is 0 Å². The van der Waals surface area contributed by atoms with Crippen molar-refractivity contribution < 1.29 is 32.9 Å². The van der Waals surface area contributed by atoms with E-state index in [0.29, 0.717) is 17.4 Å². The Hall–Kier alpha value is -2.84. The average Bonchev–Trinajstić information content (AvgIpc) is 3.12. The van der Waals surface area contributed by atoms with Gasteiger partial charge in [0.05, 0.1) is 39.9 Å². The Bertz CT molecular complexity index is 1240. The molecule has 0 aliphatic carbocycles. The second kappa shape index (κ2) is 35.8. The number of hydrogen-bond acceptors (Lipinski definition) is 5. The lowest BCUT2D eigenvalue weighted by Crippen LogP contribution is -2.45. The molecule has 0 spiro atoms. The second-order valence-electron chi connectivity index (χ2n) is 14.3. The number of carbonyl (C=O) groups excluding carboxylic acids is 1. The van der Waals surface area contributed by atoms with E-state index in [1.807, 2.05) is 40.2 Å². The molecule has 0 aromatic heterocycles. The molecule has 54 heavy (non-hydrogen) atoms. The van der Waals surface area contributed by atoms with E-state index in [4.69, 9.17) is 9.05 Å². The van der Waals surface area contributed by atoms with Gasteiger partial charge in [0.1, 0.15) is 13.2 Å². The van der Waals surface area contributed by atoms with Gasteiger partial charge in [-0.2, -0.15) is 0 Å². The van der Waals surface area contributed by atoms with Gasteiger partial charge in [0.2, 0.25) is 5.91 Å². The quantitative estimate of drug-likeness (QED) is 0.0260. The molecule has 1 amide bonds. The molecule has 0 aliphatic heterocycles. The average molecular weight is 772 g/mol. The zero-order chi connectivity index (χ0) is 40.0. The van der Waals surface area contributed by atoms with Crippen LogP contribution < -0.4 is 5.32 Å². The van der Waals surface area contributed by atoms with Gasteiger partial charge in [-0.25, -0.2) is 4.57 Å². The van der Waals surface area contributed by atoms with Crippen LogP contribution in [0.2, 0.25) is 0 Å². The Morgan fingerprint density at radius 1 is 0.667 bits per heavy atom. The van der Waals surface area contributed by atoms with Crippen LogP contribution in [-0.2, 0) is 18.4 Å². The molecule has 0 rings (SSSR count). The fourth-order valence-corrected chi connectivity index (χ4v) is 5.58.